The van der Waals surface area contributed by atoms with Crippen LogP contribution < -0.4 is 10.6 Å². The van der Waals surface area contributed by atoms with Crippen molar-refractivity contribution in [3.63, 3.8) is 0 Å². The van der Waals surface area contributed by atoms with Crippen molar-refractivity contribution in [3.05, 3.63) is 30.0 Å². The first-order valence-corrected chi connectivity index (χ1v) is 8.20. The number of rotatable bonds is 4. The van der Waals surface area contributed by atoms with Crippen molar-refractivity contribution in [2.75, 3.05) is 0 Å². The van der Waals surface area contributed by atoms with Crippen molar-refractivity contribution in [2.45, 2.75) is 44.2 Å². The molecule has 0 bridgehead atoms. The molecule has 1 aliphatic carbocycles. The molecule has 6 heteroatoms. The molecule has 0 unspecified atom stereocenters. The Morgan fingerprint density at radius 2 is 2.17 bits per heavy atom. The Kier molecular flexibility index (Phi) is 3.52. The predicted octanol–water partition coefficient (Wildman–Crippen LogP) is 1.28. The summed E-state index contributed by atoms with van der Waals surface area (Å²) in [5.74, 6) is 0.657. The zero-order valence-electron chi connectivity index (χ0n) is 12.8. The quantitative estimate of drug-likeness (QED) is 0.795. The number of hydrogen-bond donors (Lipinski definition) is 3. The molecular weight excluding hydrogens is 292 g/mol. The zero-order chi connectivity index (χ0) is 15.8. The van der Waals surface area contributed by atoms with E-state index in [1.54, 1.807) is 6.20 Å². The Hall–Kier alpha value is -2.37. The molecule has 120 valence electrons. The van der Waals surface area contributed by atoms with Crippen LogP contribution in [-0.2, 0) is 16.0 Å². The van der Waals surface area contributed by atoms with Gasteiger partial charge in [-0.2, -0.15) is 5.10 Å². The number of carbonyl (C=O) groups is 2. The van der Waals surface area contributed by atoms with Crippen LogP contribution in [0.3, 0.4) is 0 Å². The van der Waals surface area contributed by atoms with Gasteiger partial charge in [-0.1, -0.05) is 6.07 Å². The molecule has 6 nitrogen and oxygen atoms in total. The molecule has 1 saturated heterocycles. The summed E-state index contributed by atoms with van der Waals surface area (Å²) in [4.78, 5) is 24.0. The molecule has 1 aromatic carbocycles. The molecule has 1 saturated carbocycles. The summed E-state index contributed by atoms with van der Waals surface area (Å²) in [6.07, 6.45) is 5.64. The van der Waals surface area contributed by atoms with Gasteiger partial charge >= 0.3 is 0 Å². The number of aromatic amines is 1. The van der Waals surface area contributed by atoms with Gasteiger partial charge in [0.05, 0.1) is 24.2 Å². The van der Waals surface area contributed by atoms with Crippen LogP contribution in [0.1, 0.15) is 31.2 Å². The van der Waals surface area contributed by atoms with E-state index in [2.05, 4.69) is 20.8 Å². The number of piperidine rings is 1. The smallest absolute Gasteiger partial charge is 0.224 e. The minimum Gasteiger partial charge on any atom is -0.351 e. The van der Waals surface area contributed by atoms with Crippen LogP contribution in [0.2, 0.25) is 0 Å². The maximum atomic E-state index is 12.4. The van der Waals surface area contributed by atoms with Gasteiger partial charge in [-0.05, 0) is 42.9 Å². The summed E-state index contributed by atoms with van der Waals surface area (Å²) in [5.41, 5.74) is 1.94. The molecule has 2 fully saturated rings. The first-order valence-electron chi connectivity index (χ1n) is 8.20. The minimum atomic E-state index is 0.0136. The monoisotopic (exact) mass is 312 g/mol. The Morgan fingerprint density at radius 3 is 3.00 bits per heavy atom. The van der Waals surface area contributed by atoms with E-state index in [9.17, 15) is 9.59 Å². The van der Waals surface area contributed by atoms with Gasteiger partial charge in [0.25, 0.3) is 0 Å². The van der Waals surface area contributed by atoms with E-state index < -0.39 is 0 Å². The number of H-pyrrole nitrogens is 1. The van der Waals surface area contributed by atoms with Crippen LogP contribution in [0.15, 0.2) is 24.4 Å². The summed E-state index contributed by atoms with van der Waals surface area (Å²) in [5, 5.41) is 14.1. The number of nitrogens with one attached hydrogen (secondary N) is 3. The molecule has 2 heterocycles. The lowest BCUT2D eigenvalue weighted by Crippen LogP contribution is -2.56. The van der Waals surface area contributed by atoms with Crippen molar-refractivity contribution in [1.82, 2.24) is 20.8 Å². The van der Waals surface area contributed by atoms with E-state index in [0.29, 0.717) is 18.8 Å². The fraction of sp³-hybridized carbons (Fsp3) is 0.471. The summed E-state index contributed by atoms with van der Waals surface area (Å²) in [7, 11) is 0. The van der Waals surface area contributed by atoms with Gasteiger partial charge in [-0.15, -0.1) is 0 Å². The molecule has 3 N–H and O–H groups in total. The molecular formula is C17H20N4O2. The molecule has 23 heavy (non-hydrogen) atoms. The summed E-state index contributed by atoms with van der Waals surface area (Å²) in [6.45, 7) is 0. The van der Waals surface area contributed by atoms with E-state index in [1.807, 2.05) is 18.2 Å². The highest BCUT2D eigenvalue weighted by molar-refractivity contribution is 5.83. The van der Waals surface area contributed by atoms with Gasteiger partial charge in [-0.25, -0.2) is 0 Å². The number of amides is 2. The highest BCUT2D eigenvalue weighted by Crippen LogP contribution is 2.36. The highest BCUT2D eigenvalue weighted by atomic mass is 16.2. The van der Waals surface area contributed by atoms with Crippen molar-refractivity contribution in [1.29, 1.82) is 0 Å². The van der Waals surface area contributed by atoms with Gasteiger partial charge in [0, 0.05) is 17.8 Å². The predicted molar refractivity (Wildman–Crippen MR) is 85.6 cm³/mol. The molecule has 4 rings (SSSR count). The first-order chi connectivity index (χ1) is 11.2. The Morgan fingerprint density at radius 1 is 1.30 bits per heavy atom. The molecule has 0 spiro atoms. The van der Waals surface area contributed by atoms with E-state index in [0.717, 1.165) is 35.7 Å². The van der Waals surface area contributed by atoms with E-state index in [1.165, 1.54) is 0 Å². The fourth-order valence-corrected chi connectivity index (χ4v) is 3.43. The van der Waals surface area contributed by atoms with Crippen LogP contribution in [0.5, 0.6) is 0 Å². The maximum Gasteiger partial charge on any atom is 0.224 e. The zero-order valence-corrected chi connectivity index (χ0v) is 12.8. The average Bonchev–Trinajstić information content (AvgIpc) is 3.27. The molecule has 1 aromatic heterocycles. The second-order valence-corrected chi connectivity index (χ2v) is 6.61. The molecule has 2 amide bonds. The Labute approximate surface area is 134 Å². The van der Waals surface area contributed by atoms with Crippen LogP contribution in [0.25, 0.3) is 10.9 Å². The Bertz CT molecular complexity index is 750. The maximum absolute atomic E-state index is 12.4. The van der Waals surface area contributed by atoms with E-state index >= 15 is 0 Å². The fourth-order valence-electron chi connectivity index (χ4n) is 3.43. The van der Waals surface area contributed by atoms with Crippen LogP contribution in [0, 0.1) is 5.92 Å². The highest BCUT2D eigenvalue weighted by Gasteiger charge is 2.40. The van der Waals surface area contributed by atoms with Crippen molar-refractivity contribution in [2.24, 2.45) is 5.92 Å². The third-order valence-electron chi connectivity index (χ3n) is 4.79. The molecule has 2 atom stereocenters. The van der Waals surface area contributed by atoms with Crippen LogP contribution >= 0.6 is 0 Å². The lowest BCUT2D eigenvalue weighted by Gasteiger charge is -2.33. The number of benzene rings is 1. The van der Waals surface area contributed by atoms with Gasteiger partial charge < -0.3 is 10.6 Å². The summed E-state index contributed by atoms with van der Waals surface area (Å²) >= 11 is 0. The third-order valence-corrected chi connectivity index (χ3v) is 4.79. The third kappa shape index (κ3) is 3.06. The van der Waals surface area contributed by atoms with Crippen molar-refractivity contribution >= 4 is 22.7 Å². The van der Waals surface area contributed by atoms with E-state index in [4.69, 9.17) is 0 Å². The number of aromatic nitrogens is 2. The second-order valence-electron chi connectivity index (χ2n) is 6.61. The lowest BCUT2D eigenvalue weighted by atomic mass is 9.94. The summed E-state index contributed by atoms with van der Waals surface area (Å²) < 4.78 is 0. The number of hydrogen-bond acceptors (Lipinski definition) is 3. The van der Waals surface area contributed by atoms with Crippen LogP contribution in [-0.4, -0.2) is 34.1 Å². The largest absolute Gasteiger partial charge is 0.351 e. The lowest BCUT2D eigenvalue weighted by molar-refractivity contribution is -0.127. The summed E-state index contributed by atoms with van der Waals surface area (Å²) in [6, 6.07) is 6.04. The van der Waals surface area contributed by atoms with E-state index in [-0.39, 0.29) is 23.9 Å². The number of fused-ring (bicyclic) bond motifs is 1. The first kappa shape index (κ1) is 14.2. The van der Waals surface area contributed by atoms with Gasteiger partial charge in [0.2, 0.25) is 11.8 Å². The number of carbonyl (C=O) groups excluding carboxylic acids is 2. The number of nitrogens with zero attached hydrogens (tertiary/aromatic N) is 1. The van der Waals surface area contributed by atoms with Gasteiger partial charge in [-0.3, -0.25) is 14.7 Å². The van der Waals surface area contributed by atoms with Crippen LogP contribution in [0.4, 0.5) is 0 Å². The average molecular weight is 312 g/mol. The van der Waals surface area contributed by atoms with Gasteiger partial charge in [0.15, 0.2) is 0 Å². The van der Waals surface area contributed by atoms with Crippen molar-refractivity contribution < 1.29 is 9.59 Å². The normalized spacial score (nSPS) is 24.4. The van der Waals surface area contributed by atoms with Gasteiger partial charge in [0.1, 0.15) is 0 Å². The van der Waals surface area contributed by atoms with Crippen molar-refractivity contribution in [3.8, 4) is 0 Å². The molecule has 1 aliphatic heterocycles. The SMILES string of the molecule is O=C(Cc1ccc2[nH]ncc2c1)N[C@@H]1CCC(=O)N[C@H]1C1CC1. The molecule has 0 radical (unpaired) electrons. The topological polar surface area (TPSA) is 86.9 Å². The second kappa shape index (κ2) is 5.68. The molecule has 2 aromatic rings. The standard InChI is InChI=1S/C17H20N4O2/c22-15-6-5-14(17(20-15)11-2-3-11)19-16(23)8-10-1-4-13-12(7-10)9-18-21-13/h1,4,7,9,11,14,17H,2-3,5-6,8H2,(H,18,21)(H,19,23)(H,20,22)/t14-,17+/m1/s1. The molecule has 2 aliphatic rings. The Balaban J connectivity index is 1.41. The minimum absolute atomic E-state index is 0.0136.